The van der Waals surface area contributed by atoms with E-state index in [1.54, 1.807) is 41.5 Å². The van der Waals surface area contributed by atoms with Crippen LogP contribution in [0.3, 0.4) is 0 Å². The molecule has 0 saturated heterocycles. The van der Waals surface area contributed by atoms with Crippen LogP contribution in [0.4, 0.5) is 10.2 Å². The zero-order valence-electron chi connectivity index (χ0n) is 23.4. The standard InChI is InChI=1S/C24H37FN7O7P/c1-7-16(23(33)37-13(3)4)30-40(35,31-17(8-2)24(34)38-14(5)6)12-36-18-9-15(25)22(39-18)32-11-29-19-20(26)27-10-28-21(19)32/h9-11,13-14,16-18,22H,7-8,12H2,1-6H3,(H2,26,27,28)(H2,30,31,35)/t16-,17-,18-,22+/m0/s1. The second-order valence-corrected chi connectivity index (χ2v) is 11.9. The average molecular weight is 586 g/mol. The molecule has 0 fully saturated rings. The number of fused-ring (bicyclic) bond motifs is 1. The maximum atomic E-state index is 14.9. The molecule has 4 N–H and O–H groups in total. The van der Waals surface area contributed by atoms with E-state index in [9.17, 15) is 18.5 Å². The number of nitrogens with two attached hydrogens (primary N) is 1. The summed E-state index contributed by atoms with van der Waals surface area (Å²) in [6, 6.07) is -1.95. The van der Waals surface area contributed by atoms with Gasteiger partial charge in [-0.2, -0.15) is 0 Å². The van der Waals surface area contributed by atoms with Crippen LogP contribution in [0.15, 0.2) is 24.6 Å². The molecular formula is C24H37FN7O7P. The lowest BCUT2D eigenvalue weighted by atomic mass is 10.2. The molecule has 0 aliphatic carbocycles. The normalized spacial score (nSPS) is 19.2. The van der Waals surface area contributed by atoms with Crippen molar-refractivity contribution in [2.75, 3.05) is 12.1 Å². The Kier molecular flexibility index (Phi) is 10.7. The maximum absolute atomic E-state index is 14.9. The molecule has 2 aromatic rings. The summed E-state index contributed by atoms with van der Waals surface area (Å²) >= 11 is 0. The molecule has 14 nitrogen and oxygen atoms in total. The SMILES string of the molecule is CC[C@H](NP(=O)(CO[C@@H]1C=C(F)[C@H](n2cnc3c(N)ncnc32)O1)N[C@@H](CC)C(=O)OC(C)C)C(=O)OC(C)C. The number of anilines is 1. The molecule has 3 heterocycles. The van der Waals surface area contributed by atoms with E-state index < -0.39 is 68.4 Å². The highest BCUT2D eigenvalue weighted by Gasteiger charge is 2.37. The largest absolute Gasteiger partial charge is 0.462 e. The summed E-state index contributed by atoms with van der Waals surface area (Å²) < 4.78 is 52.3. The third kappa shape index (κ3) is 7.82. The van der Waals surface area contributed by atoms with Gasteiger partial charge < -0.3 is 24.7 Å². The van der Waals surface area contributed by atoms with Crippen molar-refractivity contribution >= 4 is 36.4 Å². The molecule has 3 rings (SSSR count). The number of nitrogens with zero attached hydrogens (tertiary/aromatic N) is 4. The van der Waals surface area contributed by atoms with Crippen LogP contribution in [0.5, 0.6) is 0 Å². The van der Waals surface area contributed by atoms with Gasteiger partial charge in [0.25, 0.3) is 0 Å². The predicted octanol–water partition coefficient (Wildman–Crippen LogP) is 2.92. The number of nitrogen functional groups attached to an aromatic ring is 1. The molecule has 0 saturated carbocycles. The molecule has 16 heteroatoms. The van der Waals surface area contributed by atoms with Crippen LogP contribution in [0.1, 0.15) is 60.6 Å². The van der Waals surface area contributed by atoms with Crippen molar-refractivity contribution in [1.82, 2.24) is 29.7 Å². The Morgan fingerprint density at radius 3 is 2.17 bits per heavy atom. The van der Waals surface area contributed by atoms with Crippen molar-refractivity contribution in [1.29, 1.82) is 0 Å². The Balaban J connectivity index is 1.79. The minimum atomic E-state index is -3.87. The van der Waals surface area contributed by atoms with Crippen molar-refractivity contribution < 1.29 is 37.5 Å². The second kappa shape index (κ2) is 13.6. The minimum Gasteiger partial charge on any atom is -0.462 e. The van der Waals surface area contributed by atoms with Crippen molar-refractivity contribution in [2.24, 2.45) is 0 Å². The molecule has 0 spiro atoms. The predicted molar refractivity (Wildman–Crippen MR) is 143 cm³/mol. The van der Waals surface area contributed by atoms with Gasteiger partial charge in [0.05, 0.1) is 18.5 Å². The topological polar surface area (TPSA) is 182 Å². The van der Waals surface area contributed by atoms with Crippen molar-refractivity contribution in [3.8, 4) is 0 Å². The Bertz CT molecular complexity index is 1240. The van der Waals surface area contributed by atoms with Crippen LogP contribution < -0.4 is 15.9 Å². The van der Waals surface area contributed by atoms with E-state index >= 15 is 0 Å². The van der Waals surface area contributed by atoms with Gasteiger partial charge in [-0.1, -0.05) is 13.8 Å². The first kappa shape index (κ1) is 31.6. The van der Waals surface area contributed by atoms with E-state index in [0.717, 1.165) is 6.08 Å². The molecule has 2 aromatic heterocycles. The zero-order chi connectivity index (χ0) is 29.6. The molecular weight excluding hydrogens is 548 g/mol. The number of hydrogen-bond acceptors (Lipinski definition) is 11. The number of imidazole rings is 1. The molecule has 0 aromatic carbocycles. The number of rotatable bonds is 14. The van der Waals surface area contributed by atoms with E-state index in [2.05, 4.69) is 25.1 Å². The first-order valence-corrected chi connectivity index (χ1v) is 14.9. The molecule has 1 aliphatic heterocycles. The molecule has 0 bridgehead atoms. The lowest BCUT2D eigenvalue weighted by Crippen LogP contribution is -2.45. The number of ether oxygens (including phenoxy) is 4. The molecule has 40 heavy (non-hydrogen) atoms. The van der Waals surface area contributed by atoms with E-state index in [4.69, 9.17) is 24.7 Å². The third-order valence-corrected chi connectivity index (χ3v) is 7.64. The quantitative estimate of drug-likeness (QED) is 0.218. The van der Waals surface area contributed by atoms with Crippen LogP contribution in [-0.2, 0) is 33.1 Å². The zero-order valence-corrected chi connectivity index (χ0v) is 24.3. The number of esters is 2. The summed E-state index contributed by atoms with van der Waals surface area (Å²) in [7, 11) is -3.87. The smallest absolute Gasteiger partial charge is 0.323 e. The van der Waals surface area contributed by atoms with Crippen LogP contribution in [-0.4, -0.2) is 68.4 Å². The number of halogens is 1. The van der Waals surface area contributed by atoms with Crippen molar-refractivity contribution in [3.63, 3.8) is 0 Å². The lowest BCUT2D eigenvalue weighted by molar-refractivity contribution is -0.150. The van der Waals surface area contributed by atoms with Gasteiger partial charge in [0.1, 0.15) is 30.3 Å². The summed E-state index contributed by atoms with van der Waals surface area (Å²) in [5.74, 6) is -1.81. The summed E-state index contributed by atoms with van der Waals surface area (Å²) in [6.45, 7) is 10.2. The van der Waals surface area contributed by atoms with Gasteiger partial charge in [-0.15, -0.1) is 0 Å². The van der Waals surface area contributed by atoms with E-state index in [0.29, 0.717) is 0 Å². The molecule has 0 unspecified atom stereocenters. The highest BCUT2D eigenvalue weighted by Crippen LogP contribution is 2.41. The van der Waals surface area contributed by atoms with Crippen molar-refractivity contribution in [2.45, 2.75) is 91.2 Å². The Morgan fingerprint density at radius 2 is 1.65 bits per heavy atom. The van der Waals surface area contributed by atoms with E-state index in [-0.39, 0.29) is 29.8 Å². The average Bonchev–Trinajstić information content (AvgIpc) is 3.47. The van der Waals surface area contributed by atoms with Gasteiger partial charge in [0.15, 0.2) is 29.8 Å². The fourth-order valence-corrected chi connectivity index (χ4v) is 5.98. The van der Waals surface area contributed by atoms with Gasteiger partial charge in [-0.3, -0.25) is 18.7 Å². The Morgan fingerprint density at radius 1 is 1.07 bits per heavy atom. The number of carbonyl (C=O) groups excluding carboxylic acids is 2. The number of aromatic nitrogens is 4. The Hall–Kier alpha value is -2.97. The second-order valence-electron chi connectivity index (χ2n) is 9.68. The fourth-order valence-electron chi connectivity index (χ4n) is 3.82. The van der Waals surface area contributed by atoms with Crippen molar-refractivity contribution in [3.05, 3.63) is 24.6 Å². The summed E-state index contributed by atoms with van der Waals surface area (Å²) in [5.41, 5.74) is 6.34. The third-order valence-electron chi connectivity index (χ3n) is 5.67. The molecule has 0 radical (unpaired) electrons. The minimum absolute atomic E-state index is 0.125. The summed E-state index contributed by atoms with van der Waals surface area (Å²) in [4.78, 5) is 37.3. The highest BCUT2D eigenvalue weighted by molar-refractivity contribution is 7.59. The van der Waals surface area contributed by atoms with Gasteiger partial charge >= 0.3 is 11.9 Å². The lowest BCUT2D eigenvalue weighted by Gasteiger charge is -2.29. The maximum Gasteiger partial charge on any atom is 0.323 e. The van der Waals surface area contributed by atoms with Gasteiger partial charge in [0, 0.05) is 6.08 Å². The van der Waals surface area contributed by atoms with Crippen LogP contribution in [0.25, 0.3) is 11.2 Å². The van der Waals surface area contributed by atoms with Crippen LogP contribution >= 0.6 is 7.44 Å². The molecule has 222 valence electrons. The van der Waals surface area contributed by atoms with Gasteiger partial charge in [-0.25, -0.2) is 29.5 Å². The van der Waals surface area contributed by atoms with Gasteiger partial charge in [-0.05, 0) is 40.5 Å². The highest BCUT2D eigenvalue weighted by atomic mass is 31.2. The molecule has 0 amide bonds. The number of hydrogen-bond donors (Lipinski definition) is 3. The summed E-state index contributed by atoms with van der Waals surface area (Å²) in [5, 5.41) is 5.57. The molecule has 1 aliphatic rings. The first-order valence-electron chi connectivity index (χ1n) is 13.0. The van der Waals surface area contributed by atoms with Gasteiger partial charge in [0.2, 0.25) is 7.44 Å². The van der Waals surface area contributed by atoms with Crippen LogP contribution in [0.2, 0.25) is 0 Å². The monoisotopic (exact) mass is 585 g/mol. The van der Waals surface area contributed by atoms with Crippen LogP contribution in [0, 0.1) is 0 Å². The Labute approximate surface area is 231 Å². The number of carbonyl (C=O) groups is 2. The number of nitrogens with one attached hydrogen (secondary N) is 2. The van der Waals surface area contributed by atoms with E-state index in [1.807, 2.05) is 0 Å². The fraction of sp³-hybridized carbons (Fsp3) is 0.625. The van der Waals surface area contributed by atoms with E-state index in [1.165, 1.54) is 17.2 Å². The summed E-state index contributed by atoms with van der Waals surface area (Å²) in [6.07, 6.45) is 0.188. The molecule has 4 atom stereocenters. The first-order chi connectivity index (χ1) is 18.9.